The van der Waals surface area contributed by atoms with Crippen LogP contribution >= 0.6 is 0 Å². The number of benzene rings is 8. The molecule has 0 aliphatic carbocycles. The highest BCUT2D eigenvalue weighted by Gasteiger charge is 2.25. The molecule has 0 bridgehead atoms. The first kappa shape index (κ1) is 31.2. The lowest BCUT2D eigenvalue weighted by Crippen LogP contribution is -1.99. The van der Waals surface area contributed by atoms with Gasteiger partial charge in [0.05, 0.1) is 14.2 Å². The lowest BCUT2D eigenvalue weighted by atomic mass is 9.85. The molecule has 2 nitrogen and oxygen atoms in total. The van der Waals surface area contributed by atoms with Gasteiger partial charge < -0.3 is 9.47 Å². The summed E-state index contributed by atoms with van der Waals surface area (Å²) in [7, 11) is 3.57. The quantitative estimate of drug-likeness (QED) is 0.172. The van der Waals surface area contributed by atoms with Gasteiger partial charge in [-0.2, -0.15) is 0 Å². The second kappa shape index (κ2) is 13.1. The maximum atomic E-state index is 6.49. The standard InChI is InChI=1S/C48H38O2/c1-31-15-19-35(20-16-31)43-29-39-27-37(33-11-7-5-8-12-33)23-25-41(39)45(47(43)49-3)46-42-26-24-38(34-13-9-6-10-14-34)28-40(42)30-44(48(46)50-4)36-21-17-32(2)18-22-36/h5-30H,1-4H3. The van der Waals surface area contributed by atoms with Crippen LogP contribution in [0.25, 0.3) is 77.2 Å². The number of rotatable bonds is 7. The summed E-state index contributed by atoms with van der Waals surface area (Å²) in [5.41, 5.74) is 13.4. The van der Waals surface area contributed by atoms with Crippen molar-refractivity contribution in [1.29, 1.82) is 0 Å². The van der Waals surface area contributed by atoms with Crippen molar-refractivity contribution in [2.45, 2.75) is 13.8 Å². The van der Waals surface area contributed by atoms with Gasteiger partial charge in [-0.3, -0.25) is 0 Å². The van der Waals surface area contributed by atoms with Crippen LogP contribution in [0.1, 0.15) is 11.1 Å². The average molecular weight is 647 g/mol. The molecule has 0 spiro atoms. The largest absolute Gasteiger partial charge is 0.495 e. The van der Waals surface area contributed by atoms with E-state index in [1.165, 1.54) is 33.4 Å². The minimum absolute atomic E-state index is 0.821. The lowest BCUT2D eigenvalue weighted by molar-refractivity contribution is 0.413. The molecule has 0 fully saturated rings. The predicted octanol–water partition coefficient (Wildman–Crippen LogP) is 13.0. The second-order valence-corrected chi connectivity index (χ2v) is 13.0. The fourth-order valence-electron chi connectivity index (χ4n) is 7.21. The number of ether oxygens (including phenoxy) is 2. The van der Waals surface area contributed by atoms with E-state index in [0.29, 0.717) is 0 Å². The molecule has 0 unspecified atom stereocenters. The van der Waals surface area contributed by atoms with Crippen LogP contribution in [-0.4, -0.2) is 14.2 Å². The Kier molecular flexibility index (Phi) is 8.14. The van der Waals surface area contributed by atoms with E-state index in [1.807, 2.05) is 0 Å². The Morgan fingerprint density at radius 1 is 0.340 bits per heavy atom. The summed E-state index contributed by atoms with van der Waals surface area (Å²) in [4.78, 5) is 0. The molecule has 0 aromatic heterocycles. The summed E-state index contributed by atoms with van der Waals surface area (Å²) in [6.45, 7) is 4.24. The van der Waals surface area contributed by atoms with Crippen molar-refractivity contribution in [1.82, 2.24) is 0 Å². The third kappa shape index (κ3) is 5.59. The number of hydrogen-bond acceptors (Lipinski definition) is 2. The van der Waals surface area contributed by atoms with Crippen LogP contribution in [0.4, 0.5) is 0 Å². The normalized spacial score (nSPS) is 11.2. The molecule has 0 amide bonds. The van der Waals surface area contributed by atoms with Crippen LogP contribution in [0.2, 0.25) is 0 Å². The van der Waals surface area contributed by atoms with E-state index in [4.69, 9.17) is 9.47 Å². The molecule has 0 saturated heterocycles. The van der Waals surface area contributed by atoms with Gasteiger partial charge in [-0.25, -0.2) is 0 Å². The highest BCUT2D eigenvalue weighted by atomic mass is 16.5. The summed E-state index contributed by atoms with van der Waals surface area (Å²) in [5, 5.41) is 4.47. The first-order valence-electron chi connectivity index (χ1n) is 17.1. The monoisotopic (exact) mass is 646 g/mol. The van der Waals surface area contributed by atoms with Gasteiger partial charge >= 0.3 is 0 Å². The van der Waals surface area contributed by atoms with Crippen molar-refractivity contribution < 1.29 is 9.47 Å². The van der Waals surface area contributed by atoms with Crippen LogP contribution < -0.4 is 9.47 Å². The van der Waals surface area contributed by atoms with Crippen molar-refractivity contribution in [2.75, 3.05) is 14.2 Å². The zero-order valence-corrected chi connectivity index (χ0v) is 28.8. The number of methoxy groups -OCH3 is 2. The van der Waals surface area contributed by atoms with E-state index >= 15 is 0 Å². The molecule has 0 N–H and O–H groups in total. The van der Waals surface area contributed by atoms with Crippen molar-refractivity contribution >= 4 is 21.5 Å². The molecule has 8 aromatic carbocycles. The van der Waals surface area contributed by atoms with Crippen molar-refractivity contribution in [2.24, 2.45) is 0 Å². The Bertz CT molecular complexity index is 2300. The maximum Gasteiger partial charge on any atom is 0.135 e. The van der Waals surface area contributed by atoms with E-state index in [1.54, 1.807) is 14.2 Å². The van der Waals surface area contributed by atoms with Gasteiger partial charge in [-0.1, -0.05) is 145 Å². The molecule has 50 heavy (non-hydrogen) atoms. The topological polar surface area (TPSA) is 18.5 Å². The van der Waals surface area contributed by atoms with Gasteiger partial charge in [0.15, 0.2) is 0 Å². The van der Waals surface area contributed by atoms with Crippen LogP contribution in [0.3, 0.4) is 0 Å². The molecule has 0 radical (unpaired) electrons. The molecule has 8 rings (SSSR count). The first-order chi connectivity index (χ1) is 24.5. The van der Waals surface area contributed by atoms with E-state index in [-0.39, 0.29) is 0 Å². The fourth-order valence-corrected chi connectivity index (χ4v) is 7.21. The minimum atomic E-state index is 0.821. The zero-order valence-electron chi connectivity index (χ0n) is 28.8. The molecular formula is C48H38O2. The molecule has 0 aliphatic heterocycles. The third-order valence-corrected chi connectivity index (χ3v) is 9.78. The SMILES string of the molecule is COc1c(-c2ccc(C)cc2)cc2cc(-c3ccccc3)ccc2c1-c1c(OC)c(-c2ccc(C)cc2)cc2cc(-c3ccccc3)ccc12. The van der Waals surface area contributed by atoms with Crippen LogP contribution in [0.15, 0.2) is 158 Å². The Morgan fingerprint density at radius 2 is 0.700 bits per heavy atom. The van der Waals surface area contributed by atoms with Gasteiger partial charge in [0.2, 0.25) is 0 Å². The summed E-state index contributed by atoms with van der Waals surface area (Å²) in [6, 6.07) is 56.7. The van der Waals surface area contributed by atoms with E-state index in [2.05, 4.69) is 172 Å². The van der Waals surface area contributed by atoms with Crippen molar-refractivity contribution in [3.63, 3.8) is 0 Å². The molecule has 242 valence electrons. The Hall–Kier alpha value is -6.12. The number of aryl methyl sites for hydroxylation is 2. The Labute approximate surface area is 294 Å². The Morgan fingerprint density at radius 3 is 1.06 bits per heavy atom. The van der Waals surface area contributed by atoms with Gasteiger partial charge in [-0.15, -0.1) is 0 Å². The number of hydrogen-bond donors (Lipinski definition) is 0. The molecule has 2 heteroatoms. The second-order valence-electron chi connectivity index (χ2n) is 13.0. The first-order valence-corrected chi connectivity index (χ1v) is 17.1. The molecular weight excluding hydrogens is 609 g/mol. The molecule has 0 heterocycles. The van der Waals surface area contributed by atoms with Gasteiger partial charge in [-0.05, 0) is 93.0 Å². The van der Waals surface area contributed by atoms with Crippen molar-refractivity contribution in [3.05, 3.63) is 169 Å². The Balaban J connectivity index is 1.52. The highest BCUT2D eigenvalue weighted by molar-refractivity contribution is 6.15. The van der Waals surface area contributed by atoms with Crippen LogP contribution in [-0.2, 0) is 0 Å². The zero-order chi connectivity index (χ0) is 34.2. The number of fused-ring (bicyclic) bond motifs is 2. The van der Waals surface area contributed by atoms with E-state index < -0.39 is 0 Å². The molecule has 0 aliphatic rings. The summed E-state index contributed by atoms with van der Waals surface area (Å²) in [5.74, 6) is 1.64. The summed E-state index contributed by atoms with van der Waals surface area (Å²) in [6.07, 6.45) is 0. The van der Waals surface area contributed by atoms with Crippen molar-refractivity contribution in [3.8, 4) is 67.1 Å². The lowest BCUT2D eigenvalue weighted by Gasteiger charge is -2.23. The smallest absolute Gasteiger partial charge is 0.135 e. The third-order valence-electron chi connectivity index (χ3n) is 9.78. The van der Waals surface area contributed by atoms with Crippen LogP contribution in [0.5, 0.6) is 11.5 Å². The van der Waals surface area contributed by atoms with Crippen LogP contribution in [0, 0.1) is 13.8 Å². The molecule has 8 aromatic rings. The average Bonchev–Trinajstić information content (AvgIpc) is 3.17. The summed E-state index contributed by atoms with van der Waals surface area (Å²) < 4.78 is 13.0. The highest BCUT2D eigenvalue weighted by Crippen LogP contribution is 2.53. The van der Waals surface area contributed by atoms with Gasteiger partial charge in [0.25, 0.3) is 0 Å². The maximum absolute atomic E-state index is 6.49. The molecule has 0 atom stereocenters. The fraction of sp³-hybridized carbons (Fsp3) is 0.0833. The molecule has 0 saturated carbocycles. The van der Waals surface area contributed by atoms with Gasteiger partial charge in [0.1, 0.15) is 11.5 Å². The van der Waals surface area contributed by atoms with Gasteiger partial charge in [0, 0.05) is 22.3 Å². The van der Waals surface area contributed by atoms with E-state index in [0.717, 1.165) is 66.4 Å². The predicted molar refractivity (Wildman–Crippen MR) is 211 cm³/mol. The van der Waals surface area contributed by atoms with E-state index in [9.17, 15) is 0 Å². The summed E-state index contributed by atoms with van der Waals surface area (Å²) >= 11 is 0. The minimum Gasteiger partial charge on any atom is -0.495 e.